The molecular formula is C14H22N2O3. The van der Waals surface area contributed by atoms with Gasteiger partial charge in [-0.3, -0.25) is 4.79 Å². The molecule has 1 rings (SSSR count). The highest BCUT2D eigenvalue weighted by atomic mass is 16.5. The van der Waals surface area contributed by atoms with E-state index in [0.717, 1.165) is 0 Å². The topological polar surface area (TPSA) is 62.7 Å². The van der Waals surface area contributed by atoms with Gasteiger partial charge in [0.1, 0.15) is 5.60 Å². The zero-order valence-electron chi connectivity index (χ0n) is 12.0. The summed E-state index contributed by atoms with van der Waals surface area (Å²) in [6.07, 6.45) is 1.50. The monoisotopic (exact) mass is 266 g/mol. The summed E-state index contributed by atoms with van der Waals surface area (Å²) >= 11 is 0. The molecule has 1 heterocycles. The number of nitrogens with zero attached hydrogens (tertiary/aromatic N) is 2. The largest absolute Gasteiger partial charge is 0.472 e. The van der Waals surface area contributed by atoms with E-state index in [1.165, 1.54) is 6.20 Å². The van der Waals surface area contributed by atoms with E-state index < -0.39 is 0 Å². The van der Waals surface area contributed by atoms with E-state index >= 15 is 0 Å². The lowest BCUT2D eigenvalue weighted by molar-refractivity contribution is 0.0731. The molecular weight excluding hydrogens is 244 g/mol. The fraction of sp³-hybridized carbons (Fsp3) is 0.571. The van der Waals surface area contributed by atoms with Crippen LogP contribution in [0.1, 0.15) is 38.1 Å². The average Bonchev–Trinajstić information content (AvgIpc) is 2.34. The second kappa shape index (κ2) is 6.52. The van der Waals surface area contributed by atoms with Crippen LogP contribution in [-0.2, 0) is 0 Å². The summed E-state index contributed by atoms with van der Waals surface area (Å²) in [5.41, 5.74) is 0.182. The number of rotatable bonds is 5. The number of aliphatic hydroxyl groups excluding tert-OH is 1. The van der Waals surface area contributed by atoms with Crippen LogP contribution in [0, 0.1) is 0 Å². The van der Waals surface area contributed by atoms with E-state index in [2.05, 4.69) is 4.98 Å². The summed E-state index contributed by atoms with van der Waals surface area (Å²) in [6, 6.07) is 3.38. The van der Waals surface area contributed by atoms with Crippen LogP contribution in [0.2, 0.25) is 0 Å². The highest BCUT2D eigenvalue weighted by Crippen LogP contribution is 2.16. The van der Waals surface area contributed by atoms with Gasteiger partial charge in [-0.05, 0) is 33.8 Å². The summed E-state index contributed by atoms with van der Waals surface area (Å²) < 4.78 is 5.59. The highest BCUT2D eigenvalue weighted by Gasteiger charge is 2.16. The van der Waals surface area contributed by atoms with Crippen LogP contribution in [0.15, 0.2) is 18.3 Å². The van der Waals surface area contributed by atoms with Gasteiger partial charge in [0.25, 0.3) is 5.91 Å². The zero-order valence-corrected chi connectivity index (χ0v) is 12.0. The Morgan fingerprint density at radius 1 is 1.42 bits per heavy atom. The van der Waals surface area contributed by atoms with Crippen LogP contribution in [0.25, 0.3) is 0 Å². The molecule has 0 bridgehead atoms. The predicted molar refractivity (Wildman–Crippen MR) is 73.3 cm³/mol. The number of likely N-dealkylation sites (N-methyl/N-ethyl adjacent to an activating group) is 1. The smallest absolute Gasteiger partial charge is 0.255 e. The van der Waals surface area contributed by atoms with Crippen molar-refractivity contribution in [2.45, 2.75) is 33.3 Å². The minimum atomic E-state index is -0.315. The van der Waals surface area contributed by atoms with Crippen molar-refractivity contribution in [1.82, 2.24) is 9.88 Å². The summed E-state index contributed by atoms with van der Waals surface area (Å²) in [6.45, 7) is 8.53. The molecule has 1 amide bonds. The van der Waals surface area contributed by atoms with E-state index in [1.54, 1.807) is 17.0 Å². The van der Waals surface area contributed by atoms with Crippen LogP contribution in [0.3, 0.4) is 0 Å². The fourth-order valence-corrected chi connectivity index (χ4v) is 1.59. The molecule has 5 nitrogen and oxygen atoms in total. The Labute approximate surface area is 114 Å². The molecule has 5 heteroatoms. The number of amides is 1. The third-order valence-corrected chi connectivity index (χ3v) is 2.43. The standard InChI is InChI=1S/C14H22N2O3/c1-5-16(8-9-17)13(18)11-6-7-12(15-10-11)19-14(2,3)4/h6-7,10,17H,5,8-9H2,1-4H3. The molecule has 0 aromatic carbocycles. The molecule has 0 atom stereocenters. The Bertz CT molecular complexity index is 410. The van der Waals surface area contributed by atoms with Crippen molar-refractivity contribution in [3.05, 3.63) is 23.9 Å². The first-order valence-corrected chi connectivity index (χ1v) is 6.42. The van der Waals surface area contributed by atoms with Gasteiger partial charge in [0.05, 0.1) is 12.2 Å². The molecule has 0 spiro atoms. The van der Waals surface area contributed by atoms with Crippen molar-refractivity contribution in [3.63, 3.8) is 0 Å². The quantitative estimate of drug-likeness (QED) is 0.881. The van der Waals surface area contributed by atoms with Crippen molar-refractivity contribution in [1.29, 1.82) is 0 Å². The molecule has 0 aliphatic heterocycles. The summed E-state index contributed by atoms with van der Waals surface area (Å²) in [4.78, 5) is 17.8. The van der Waals surface area contributed by atoms with Crippen molar-refractivity contribution in [2.75, 3.05) is 19.7 Å². The second-order valence-electron chi connectivity index (χ2n) is 5.21. The normalized spacial score (nSPS) is 11.2. The number of carbonyl (C=O) groups excluding carboxylic acids is 1. The maximum atomic E-state index is 12.1. The zero-order chi connectivity index (χ0) is 14.5. The van der Waals surface area contributed by atoms with Gasteiger partial charge in [-0.25, -0.2) is 4.98 Å². The van der Waals surface area contributed by atoms with E-state index in [0.29, 0.717) is 24.5 Å². The lowest BCUT2D eigenvalue weighted by Gasteiger charge is -2.21. The maximum Gasteiger partial charge on any atom is 0.255 e. The molecule has 0 aliphatic rings. The van der Waals surface area contributed by atoms with Gasteiger partial charge < -0.3 is 14.7 Å². The summed E-state index contributed by atoms with van der Waals surface area (Å²) in [5.74, 6) is 0.362. The van der Waals surface area contributed by atoms with Gasteiger partial charge in [0.2, 0.25) is 5.88 Å². The van der Waals surface area contributed by atoms with Crippen LogP contribution in [0.4, 0.5) is 0 Å². The minimum absolute atomic E-state index is 0.0434. The maximum absolute atomic E-state index is 12.1. The van der Waals surface area contributed by atoms with Crippen molar-refractivity contribution >= 4 is 5.91 Å². The molecule has 0 saturated heterocycles. The molecule has 0 unspecified atom stereocenters. The molecule has 0 fully saturated rings. The fourth-order valence-electron chi connectivity index (χ4n) is 1.59. The highest BCUT2D eigenvalue weighted by molar-refractivity contribution is 5.93. The molecule has 19 heavy (non-hydrogen) atoms. The predicted octanol–water partition coefficient (Wildman–Crippen LogP) is 1.71. The second-order valence-corrected chi connectivity index (χ2v) is 5.21. The van der Waals surface area contributed by atoms with Gasteiger partial charge in [-0.2, -0.15) is 0 Å². The van der Waals surface area contributed by atoms with Crippen molar-refractivity contribution in [2.24, 2.45) is 0 Å². The Morgan fingerprint density at radius 2 is 2.11 bits per heavy atom. The molecule has 0 radical (unpaired) electrons. The van der Waals surface area contributed by atoms with Crippen LogP contribution < -0.4 is 4.74 Å². The molecule has 0 aliphatic carbocycles. The number of hydrogen-bond donors (Lipinski definition) is 1. The summed E-state index contributed by atoms with van der Waals surface area (Å²) in [7, 11) is 0. The molecule has 1 aromatic rings. The van der Waals surface area contributed by atoms with Gasteiger partial charge >= 0.3 is 0 Å². The van der Waals surface area contributed by atoms with Crippen LogP contribution in [0.5, 0.6) is 5.88 Å². The SMILES string of the molecule is CCN(CCO)C(=O)c1ccc(OC(C)(C)C)nc1. The van der Waals surface area contributed by atoms with Gasteiger partial charge in [-0.15, -0.1) is 0 Å². The van der Waals surface area contributed by atoms with E-state index in [4.69, 9.17) is 9.84 Å². The van der Waals surface area contributed by atoms with E-state index in [9.17, 15) is 4.79 Å². The first-order chi connectivity index (χ1) is 8.87. The van der Waals surface area contributed by atoms with Gasteiger partial charge in [0, 0.05) is 25.4 Å². The number of ether oxygens (including phenoxy) is 1. The van der Waals surface area contributed by atoms with E-state index in [1.807, 2.05) is 27.7 Å². The summed E-state index contributed by atoms with van der Waals surface area (Å²) in [5, 5.41) is 8.91. The molecule has 106 valence electrons. The number of pyridine rings is 1. The van der Waals surface area contributed by atoms with Gasteiger partial charge in [0.15, 0.2) is 0 Å². The lowest BCUT2D eigenvalue weighted by Crippen LogP contribution is -2.33. The van der Waals surface area contributed by atoms with E-state index in [-0.39, 0.29) is 18.1 Å². The van der Waals surface area contributed by atoms with Crippen molar-refractivity contribution < 1.29 is 14.6 Å². The number of carbonyl (C=O) groups is 1. The van der Waals surface area contributed by atoms with Crippen molar-refractivity contribution in [3.8, 4) is 5.88 Å². The Balaban J connectivity index is 2.78. The Hall–Kier alpha value is -1.62. The van der Waals surface area contributed by atoms with Crippen LogP contribution in [-0.4, -0.2) is 46.2 Å². The Morgan fingerprint density at radius 3 is 2.53 bits per heavy atom. The number of aliphatic hydroxyl groups is 1. The first-order valence-electron chi connectivity index (χ1n) is 6.42. The van der Waals surface area contributed by atoms with Crippen LogP contribution >= 0.6 is 0 Å². The lowest BCUT2D eigenvalue weighted by atomic mass is 10.2. The average molecular weight is 266 g/mol. The first kappa shape index (κ1) is 15.4. The molecule has 0 saturated carbocycles. The third-order valence-electron chi connectivity index (χ3n) is 2.43. The molecule has 1 aromatic heterocycles. The number of aromatic nitrogens is 1. The Kier molecular flexibility index (Phi) is 5.30. The third kappa shape index (κ3) is 4.87. The molecule has 1 N–H and O–H groups in total. The van der Waals surface area contributed by atoms with Gasteiger partial charge in [-0.1, -0.05) is 0 Å². The number of hydrogen-bond acceptors (Lipinski definition) is 4. The minimum Gasteiger partial charge on any atom is -0.472 e.